The predicted molar refractivity (Wildman–Crippen MR) is 72.1 cm³/mol. The van der Waals surface area contributed by atoms with Crippen LogP contribution in [-0.4, -0.2) is 43.0 Å². The van der Waals surface area contributed by atoms with Gasteiger partial charge in [0, 0.05) is 20.2 Å². The standard InChI is InChI=1S/C14H19NO4/c1-3-7-15(10-14(16)17)9-12-5-4-6-13(8-12)19-11-18-2/h3-6,8H,1,7,9-11H2,2H3,(H,16,17). The van der Waals surface area contributed by atoms with Gasteiger partial charge in [0.2, 0.25) is 0 Å². The zero-order valence-electron chi connectivity index (χ0n) is 11.0. The second-order valence-corrected chi connectivity index (χ2v) is 4.05. The van der Waals surface area contributed by atoms with Gasteiger partial charge < -0.3 is 14.6 Å². The smallest absolute Gasteiger partial charge is 0.317 e. The summed E-state index contributed by atoms with van der Waals surface area (Å²) in [7, 11) is 1.56. The van der Waals surface area contributed by atoms with Gasteiger partial charge in [0.1, 0.15) is 5.75 Å². The highest BCUT2D eigenvalue weighted by Crippen LogP contribution is 2.15. The Hall–Kier alpha value is -1.85. The largest absolute Gasteiger partial charge is 0.480 e. The minimum absolute atomic E-state index is 0.0187. The van der Waals surface area contributed by atoms with Crippen LogP contribution in [-0.2, 0) is 16.1 Å². The van der Waals surface area contributed by atoms with Crippen LogP contribution in [0.3, 0.4) is 0 Å². The molecule has 5 heteroatoms. The summed E-state index contributed by atoms with van der Waals surface area (Å²) in [5.74, 6) is -0.151. The van der Waals surface area contributed by atoms with E-state index in [1.165, 1.54) is 0 Å². The molecule has 0 radical (unpaired) electrons. The van der Waals surface area contributed by atoms with Crippen LogP contribution >= 0.6 is 0 Å². The Labute approximate surface area is 113 Å². The van der Waals surface area contributed by atoms with Crippen LogP contribution in [0.5, 0.6) is 5.75 Å². The molecule has 0 amide bonds. The number of carbonyl (C=O) groups is 1. The summed E-state index contributed by atoms with van der Waals surface area (Å²) in [4.78, 5) is 12.5. The molecule has 1 rings (SSSR count). The maximum atomic E-state index is 10.8. The molecular formula is C14H19NO4. The number of rotatable bonds is 9. The average molecular weight is 265 g/mol. The van der Waals surface area contributed by atoms with Crippen molar-refractivity contribution in [3.8, 4) is 5.75 Å². The number of aliphatic carboxylic acids is 1. The van der Waals surface area contributed by atoms with Gasteiger partial charge in [-0.1, -0.05) is 18.2 Å². The van der Waals surface area contributed by atoms with Crippen molar-refractivity contribution in [2.45, 2.75) is 6.54 Å². The third-order valence-electron chi connectivity index (χ3n) is 2.39. The zero-order valence-corrected chi connectivity index (χ0v) is 11.0. The molecule has 0 aromatic heterocycles. The molecule has 0 aliphatic heterocycles. The lowest BCUT2D eigenvalue weighted by Gasteiger charge is -2.18. The molecule has 0 spiro atoms. The number of benzene rings is 1. The number of hydrogen-bond acceptors (Lipinski definition) is 4. The number of methoxy groups -OCH3 is 1. The van der Waals surface area contributed by atoms with Gasteiger partial charge in [0.05, 0.1) is 6.54 Å². The van der Waals surface area contributed by atoms with Gasteiger partial charge >= 0.3 is 5.97 Å². The maximum Gasteiger partial charge on any atom is 0.317 e. The molecular weight excluding hydrogens is 246 g/mol. The molecule has 0 atom stereocenters. The van der Waals surface area contributed by atoms with E-state index in [9.17, 15) is 4.79 Å². The first-order valence-electron chi connectivity index (χ1n) is 5.91. The molecule has 1 N–H and O–H groups in total. The summed E-state index contributed by atoms with van der Waals surface area (Å²) < 4.78 is 10.2. The third-order valence-corrected chi connectivity index (χ3v) is 2.39. The molecule has 0 aliphatic carbocycles. The molecule has 19 heavy (non-hydrogen) atoms. The van der Waals surface area contributed by atoms with E-state index in [1.54, 1.807) is 18.1 Å². The first-order chi connectivity index (χ1) is 9.15. The van der Waals surface area contributed by atoms with Crippen molar-refractivity contribution in [3.05, 3.63) is 42.5 Å². The Balaban J connectivity index is 2.66. The molecule has 5 nitrogen and oxygen atoms in total. The van der Waals surface area contributed by atoms with Crippen molar-refractivity contribution >= 4 is 5.97 Å². The summed E-state index contributed by atoms with van der Waals surface area (Å²) >= 11 is 0. The summed E-state index contributed by atoms with van der Waals surface area (Å²) in [6, 6.07) is 7.50. The normalized spacial score (nSPS) is 10.4. The lowest BCUT2D eigenvalue weighted by Crippen LogP contribution is -2.29. The van der Waals surface area contributed by atoms with Crippen LogP contribution in [0.4, 0.5) is 0 Å². The lowest BCUT2D eigenvalue weighted by atomic mass is 10.2. The quantitative estimate of drug-likeness (QED) is 0.544. The highest BCUT2D eigenvalue weighted by atomic mass is 16.7. The Kier molecular flexibility index (Phi) is 6.63. The van der Waals surface area contributed by atoms with Gasteiger partial charge in [-0.15, -0.1) is 6.58 Å². The summed E-state index contributed by atoms with van der Waals surface area (Å²) in [6.45, 7) is 4.86. The van der Waals surface area contributed by atoms with E-state index in [-0.39, 0.29) is 13.3 Å². The molecule has 0 heterocycles. The number of hydrogen-bond donors (Lipinski definition) is 1. The molecule has 0 aliphatic rings. The minimum Gasteiger partial charge on any atom is -0.480 e. The number of carboxylic acids is 1. The summed E-state index contributed by atoms with van der Waals surface area (Å²) in [5.41, 5.74) is 0.983. The van der Waals surface area contributed by atoms with Crippen LogP contribution in [0, 0.1) is 0 Å². The van der Waals surface area contributed by atoms with Crippen molar-refractivity contribution in [2.24, 2.45) is 0 Å². The van der Waals surface area contributed by atoms with Gasteiger partial charge in [0.25, 0.3) is 0 Å². The third kappa shape index (κ3) is 6.03. The fourth-order valence-corrected chi connectivity index (χ4v) is 1.68. The topological polar surface area (TPSA) is 59.0 Å². The Morgan fingerprint density at radius 3 is 2.95 bits per heavy atom. The van der Waals surface area contributed by atoms with Crippen molar-refractivity contribution in [1.82, 2.24) is 4.90 Å². The molecule has 1 aromatic rings. The Morgan fingerprint density at radius 2 is 2.32 bits per heavy atom. The second-order valence-electron chi connectivity index (χ2n) is 4.05. The fraction of sp³-hybridized carbons (Fsp3) is 0.357. The Morgan fingerprint density at radius 1 is 1.53 bits per heavy atom. The molecule has 0 bridgehead atoms. The van der Waals surface area contributed by atoms with E-state index >= 15 is 0 Å². The molecule has 0 saturated heterocycles. The van der Waals surface area contributed by atoms with Gasteiger partial charge in [-0.3, -0.25) is 9.69 Å². The Bertz CT molecular complexity index is 420. The van der Waals surface area contributed by atoms with Crippen LogP contribution in [0.1, 0.15) is 5.56 Å². The van der Waals surface area contributed by atoms with Crippen LogP contribution in [0.25, 0.3) is 0 Å². The van der Waals surface area contributed by atoms with Gasteiger partial charge in [-0.25, -0.2) is 0 Å². The molecule has 0 fully saturated rings. The van der Waals surface area contributed by atoms with Gasteiger partial charge in [-0.2, -0.15) is 0 Å². The number of nitrogens with zero attached hydrogens (tertiary/aromatic N) is 1. The summed E-state index contributed by atoms with van der Waals surface area (Å²) in [5, 5.41) is 8.84. The monoisotopic (exact) mass is 265 g/mol. The summed E-state index contributed by atoms with van der Waals surface area (Å²) in [6.07, 6.45) is 1.69. The van der Waals surface area contributed by atoms with E-state index in [2.05, 4.69) is 6.58 Å². The van der Waals surface area contributed by atoms with Gasteiger partial charge in [0.15, 0.2) is 6.79 Å². The van der Waals surface area contributed by atoms with Crippen LogP contribution in [0.2, 0.25) is 0 Å². The van der Waals surface area contributed by atoms with E-state index in [1.807, 2.05) is 24.3 Å². The van der Waals surface area contributed by atoms with Crippen LogP contribution in [0.15, 0.2) is 36.9 Å². The first kappa shape index (κ1) is 15.2. The fourth-order valence-electron chi connectivity index (χ4n) is 1.68. The minimum atomic E-state index is -0.853. The molecule has 0 unspecified atom stereocenters. The molecule has 104 valence electrons. The van der Waals surface area contributed by atoms with Crippen molar-refractivity contribution < 1.29 is 19.4 Å². The van der Waals surface area contributed by atoms with Crippen molar-refractivity contribution in [2.75, 3.05) is 27.0 Å². The van der Waals surface area contributed by atoms with E-state index in [0.29, 0.717) is 18.8 Å². The molecule has 0 saturated carbocycles. The van der Waals surface area contributed by atoms with E-state index < -0.39 is 5.97 Å². The van der Waals surface area contributed by atoms with E-state index in [0.717, 1.165) is 5.56 Å². The van der Waals surface area contributed by atoms with E-state index in [4.69, 9.17) is 14.6 Å². The highest BCUT2D eigenvalue weighted by molar-refractivity contribution is 5.69. The van der Waals surface area contributed by atoms with Crippen molar-refractivity contribution in [1.29, 1.82) is 0 Å². The highest BCUT2D eigenvalue weighted by Gasteiger charge is 2.09. The van der Waals surface area contributed by atoms with Crippen molar-refractivity contribution in [3.63, 3.8) is 0 Å². The average Bonchev–Trinajstić information content (AvgIpc) is 2.36. The number of carboxylic acid groups (broad SMARTS) is 1. The SMILES string of the molecule is C=CCN(CC(=O)O)Cc1cccc(OCOC)c1. The lowest BCUT2D eigenvalue weighted by molar-refractivity contribution is -0.138. The molecule has 1 aromatic carbocycles. The maximum absolute atomic E-state index is 10.8. The zero-order chi connectivity index (χ0) is 14.1. The predicted octanol–water partition coefficient (Wildman–Crippen LogP) is 1.74. The number of ether oxygens (including phenoxy) is 2. The van der Waals surface area contributed by atoms with Crippen LogP contribution < -0.4 is 4.74 Å². The van der Waals surface area contributed by atoms with Gasteiger partial charge in [-0.05, 0) is 17.7 Å². The second kappa shape index (κ2) is 8.29. The first-order valence-corrected chi connectivity index (χ1v) is 5.91.